The molecule has 0 saturated heterocycles. The molecule has 1 aromatic heterocycles. The van der Waals surface area contributed by atoms with Crippen LogP contribution in [0.1, 0.15) is 22.8 Å². The number of thiazole rings is 1. The van der Waals surface area contributed by atoms with Crippen LogP contribution >= 0.6 is 11.3 Å². The van der Waals surface area contributed by atoms with Gasteiger partial charge in [0, 0.05) is 31.5 Å². The summed E-state index contributed by atoms with van der Waals surface area (Å²) in [5, 5.41) is 0. The molecule has 0 saturated carbocycles. The quantitative estimate of drug-likeness (QED) is 0.599. The number of nitrogens with zero attached hydrogens (tertiary/aromatic N) is 2. The van der Waals surface area contributed by atoms with Crippen molar-refractivity contribution >= 4 is 28.7 Å². The predicted octanol–water partition coefficient (Wildman–Crippen LogP) is 3.81. The summed E-state index contributed by atoms with van der Waals surface area (Å²) in [6, 6.07) is 9.62. The smallest absolute Gasteiger partial charge is 0.308 e. The van der Waals surface area contributed by atoms with Crippen LogP contribution in [0.2, 0.25) is 0 Å². The number of hydrogen-bond donors (Lipinski definition) is 0. The van der Waals surface area contributed by atoms with Crippen LogP contribution in [0, 0.1) is 5.82 Å². The minimum absolute atomic E-state index is 0.0184. The van der Waals surface area contributed by atoms with Crippen LogP contribution in [0.3, 0.4) is 0 Å². The van der Waals surface area contributed by atoms with E-state index in [2.05, 4.69) is 0 Å². The van der Waals surface area contributed by atoms with Gasteiger partial charge in [-0.25, -0.2) is 4.39 Å². The lowest BCUT2D eigenvalue weighted by Gasteiger charge is -2.32. The van der Waals surface area contributed by atoms with Gasteiger partial charge in [-0.05, 0) is 11.6 Å². The number of rotatable bonds is 5. The molecule has 0 fully saturated rings. The molecule has 162 valence electrons. The summed E-state index contributed by atoms with van der Waals surface area (Å²) in [6.07, 6.45) is 0.0184. The number of halogens is 1. The molecule has 0 unspecified atom stereocenters. The van der Waals surface area contributed by atoms with Gasteiger partial charge in [0.2, 0.25) is 11.7 Å². The van der Waals surface area contributed by atoms with Gasteiger partial charge in [0.05, 0.1) is 31.9 Å². The first-order valence-corrected chi connectivity index (χ1v) is 10.3. The highest BCUT2D eigenvalue weighted by molar-refractivity contribution is 7.10. The lowest BCUT2D eigenvalue weighted by molar-refractivity contribution is -0.118. The average molecular weight is 444 g/mol. The fourth-order valence-electron chi connectivity index (χ4n) is 3.90. The Morgan fingerprint density at radius 1 is 1.03 bits per heavy atom. The molecule has 2 heterocycles. The largest absolute Gasteiger partial charge is 0.493 e. The van der Waals surface area contributed by atoms with Crippen molar-refractivity contribution in [2.75, 3.05) is 26.2 Å². The fraction of sp³-hybridized carbons (Fsp3) is 0.273. The minimum Gasteiger partial charge on any atom is -0.493 e. The van der Waals surface area contributed by atoms with Gasteiger partial charge in [0.25, 0.3) is 0 Å². The molecule has 3 aromatic rings. The number of ether oxygens (including phenoxy) is 3. The van der Waals surface area contributed by atoms with E-state index >= 15 is 0 Å². The lowest BCUT2D eigenvalue weighted by Crippen LogP contribution is -2.35. The van der Waals surface area contributed by atoms with Crippen molar-refractivity contribution in [3.05, 3.63) is 62.3 Å². The van der Waals surface area contributed by atoms with Gasteiger partial charge in [-0.3, -0.25) is 19.1 Å². The number of hydrogen-bond acceptors (Lipinski definition) is 6. The molecule has 7 nitrogen and oxygen atoms in total. The second kappa shape index (κ2) is 8.07. The molecule has 0 radical (unpaired) electrons. The molecule has 1 amide bonds. The first-order valence-electron chi connectivity index (χ1n) is 9.48. The second-order valence-corrected chi connectivity index (χ2v) is 8.00. The van der Waals surface area contributed by atoms with Gasteiger partial charge >= 0.3 is 4.87 Å². The Balaban J connectivity index is 1.93. The van der Waals surface area contributed by atoms with E-state index in [0.29, 0.717) is 39.2 Å². The molecule has 0 N–H and O–H groups in total. The number of aromatic nitrogens is 1. The van der Waals surface area contributed by atoms with Gasteiger partial charge < -0.3 is 14.2 Å². The van der Waals surface area contributed by atoms with E-state index in [9.17, 15) is 14.0 Å². The predicted molar refractivity (Wildman–Crippen MR) is 116 cm³/mol. The zero-order valence-corrected chi connectivity index (χ0v) is 18.3. The van der Waals surface area contributed by atoms with Crippen molar-refractivity contribution in [2.24, 2.45) is 7.05 Å². The zero-order chi connectivity index (χ0) is 22.3. The topological polar surface area (TPSA) is 70.0 Å². The normalized spacial score (nSPS) is 15.6. The van der Waals surface area contributed by atoms with E-state index in [0.717, 1.165) is 11.3 Å². The molecular formula is C22H21FN2O5S. The third kappa shape index (κ3) is 3.34. The molecule has 0 spiro atoms. The maximum absolute atomic E-state index is 14.6. The number of anilines is 2. The highest BCUT2D eigenvalue weighted by atomic mass is 32.1. The first-order chi connectivity index (χ1) is 14.9. The highest BCUT2D eigenvalue weighted by Gasteiger charge is 2.39. The van der Waals surface area contributed by atoms with Crippen molar-refractivity contribution in [2.45, 2.75) is 12.3 Å². The van der Waals surface area contributed by atoms with Crippen LogP contribution in [0.4, 0.5) is 15.9 Å². The summed E-state index contributed by atoms with van der Waals surface area (Å²) < 4.78 is 32.2. The molecule has 1 atom stereocenters. The van der Waals surface area contributed by atoms with Crippen LogP contribution in [0.5, 0.6) is 17.2 Å². The summed E-state index contributed by atoms with van der Waals surface area (Å²) in [7, 11) is 6.06. The molecule has 31 heavy (non-hydrogen) atoms. The Morgan fingerprint density at radius 2 is 1.68 bits per heavy atom. The molecule has 4 rings (SSSR count). The number of amides is 1. The van der Waals surface area contributed by atoms with Gasteiger partial charge in [-0.15, -0.1) is 0 Å². The SMILES string of the molecule is COc1cc(N2C(=O)C[C@H](c3ccccc3F)c3sc(=O)n(C)c32)cc(OC)c1OC. The Hall–Kier alpha value is -3.33. The zero-order valence-electron chi connectivity index (χ0n) is 17.5. The van der Waals surface area contributed by atoms with Crippen molar-refractivity contribution in [3.63, 3.8) is 0 Å². The van der Waals surface area contributed by atoms with E-state index in [1.165, 1.54) is 36.9 Å². The molecular weight excluding hydrogens is 423 g/mol. The summed E-state index contributed by atoms with van der Waals surface area (Å²) in [4.78, 5) is 27.8. The number of carbonyl (C=O) groups is 1. The Kier molecular flexibility index (Phi) is 5.45. The molecule has 0 aliphatic carbocycles. The monoisotopic (exact) mass is 444 g/mol. The maximum atomic E-state index is 14.6. The third-order valence-electron chi connectivity index (χ3n) is 5.35. The van der Waals surface area contributed by atoms with Crippen LogP contribution < -0.4 is 24.0 Å². The highest BCUT2D eigenvalue weighted by Crippen LogP contribution is 2.48. The number of carbonyl (C=O) groups excluding carboxylic acids is 1. The fourth-order valence-corrected chi connectivity index (χ4v) is 4.98. The van der Waals surface area contributed by atoms with Crippen molar-refractivity contribution in [1.82, 2.24) is 4.57 Å². The van der Waals surface area contributed by atoms with Crippen molar-refractivity contribution < 1.29 is 23.4 Å². The second-order valence-electron chi connectivity index (χ2n) is 7.01. The minimum atomic E-state index is -0.541. The van der Waals surface area contributed by atoms with E-state index in [1.807, 2.05) is 0 Å². The van der Waals surface area contributed by atoms with Crippen molar-refractivity contribution in [3.8, 4) is 17.2 Å². The summed E-state index contributed by atoms with van der Waals surface area (Å²) >= 11 is 1.02. The molecule has 1 aliphatic heterocycles. The first kappa shape index (κ1) is 20.9. The molecule has 0 bridgehead atoms. The van der Waals surface area contributed by atoms with E-state index in [4.69, 9.17) is 14.2 Å². The van der Waals surface area contributed by atoms with Crippen LogP contribution in [0.25, 0.3) is 0 Å². The maximum Gasteiger partial charge on any atom is 0.308 e. The van der Waals surface area contributed by atoms with Gasteiger partial charge in [0.15, 0.2) is 11.5 Å². The van der Waals surface area contributed by atoms with Crippen LogP contribution in [0.15, 0.2) is 41.2 Å². The summed E-state index contributed by atoms with van der Waals surface area (Å²) in [5.41, 5.74) is 0.852. The lowest BCUT2D eigenvalue weighted by atomic mass is 9.90. The van der Waals surface area contributed by atoms with E-state index in [1.54, 1.807) is 37.4 Å². The van der Waals surface area contributed by atoms with E-state index < -0.39 is 11.7 Å². The Morgan fingerprint density at radius 3 is 2.26 bits per heavy atom. The number of benzene rings is 2. The summed E-state index contributed by atoms with van der Waals surface area (Å²) in [5.74, 6) is 0.335. The Labute approximate surface area is 182 Å². The van der Waals surface area contributed by atoms with Gasteiger partial charge in [-0.1, -0.05) is 29.5 Å². The molecule has 1 aliphatic rings. The standard InChI is InChI=1S/C22H21FN2O5S/c1-24-21-20(31-22(24)27)14(13-7-5-6-8-15(13)23)11-18(26)25(21)12-9-16(28-2)19(30-4)17(10-12)29-3/h5-10,14H,11H2,1-4H3/t14-/m1/s1. The van der Waals surface area contributed by atoms with Gasteiger partial charge in [0.1, 0.15) is 11.6 Å². The van der Waals surface area contributed by atoms with E-state index in [-0.39, 0.29) is 17.2 Å². The molecule has 2 aromatic carbocycles. The Bertz CT molecular complexity index is 1190. The van der Waals surface area contributed by atoms with Crippen LogP contribution in [-0.4, -0.2) is 31.8 Å². The third-order valence-corrected chi connectivity index (χ3v) is 6.49. The number of methoxy groups -OCH3 is 3. The van der Waals surface area contributed by atoms with Crippen molar-refractivity contribution in [1.29, 1.82) is 0 Å². The molecule has 9 heteroatoms. The van der Waals surface area contributed by atoms with Gasteiger partial charge in [-0.2, -0.15) is 0 Å². The average Bonchev–Trinajstić information content (AvgIpc) is 3.07. The van der Waals surface area contributed by atoms with Crippen LogP contribution in [-0.2, 0) is 11.8 Å². The summed E-state index contributed by atoms with van der Waals surface area (Å²) in [6.45, 7) is 0. The number of fused-ring (bicyclic) bond motifs is 1.